The third kappa shape index (κ3) is 4.49. The molecule has 0 unspecified atom stereocenters. The molecular weight excluding hydrogens is 339 g/mol. The van der Waals surface area contributed by atoms with Gasteiger partial charge >= 0.3 is 12.1 Å². The van der Waals surface area contributed by atoms with Crippen molar-refractivity contribution in [1.29, 1.82) is 0 Å². The number of imidazole rings is 1. The minimum Gasteiger partial charge on any atom is -0.480 e. The van der Waals surface area contributed by atoms with Crippen LogP contribution < -0.4 is 5.32 Å². The van der Waals surface area contributed by atoms with Crippen molar-refractivity contribution in [3.05, 3.63) is 30.1 Å². The molecule has 2 aromatic rings. The van der Waals surface area contributed by atoms with Crippen LogP contribution >= 0.6 is 0 Å². The number of halogens is 3. The quantitative estimate of drug-likeness (QED) is 0.832. The van der Waals surface area contributed by atoms with Gasteiger partial charge in [-0.3, -0.25) is 4.79 Å². The van der Waals surface area contributed by atoms with Gasteiger partial charge in [-0.2, -0.15) is 13.2 Å². The highest BCUT2D eigenvalue weighted by atomic mass is 19.4. The number of benzene rings is 1. The third-order valence-electron chi connectivity index (χ3n) is 3.55. The van der Waals surface area contributed by atoms with Crippen molar-refractivity contribution in [3.63, 3.8) is 0 Å². The van der Waals surface area contributed by atoms with Crippen molar-refractivity contribution in [2.45, 2.75) is 39.0 Å². The van der Waals surface area contributed by atoms with Crippen LogP contribution in [0, 0.1) is 5.92 Å². The second-order valence-corrected chi connectivity index (χ2v) is 6.10. The Morgan fingerprint density at radius 1 is 1.28 bits per heavy atom. The van der Waals surface area contributed by atoms with Crippen LogP contribution in [0.3, 0.4) is 0 Å². The molecule has 1 amide bonds. The van der Waals surface area contributed by atoms with E-state index in [1.54, 1.807) is 19.9 Å². The third-order valence-corrected chi connectivity index (χ3v) is 3.55. The molecule has 0 saturated carbocycles. The van der Waals surface area contributed by atoms with Gasteiger partial charge in [0.05, 0.1) is 11.0 Å². The Morgan fingerprint density at radius 2 is 1.92 bits per heavy atom. The van der Waals surface area contributed by atoms with Gasteiger partial charge in [0, 0.05) is 0 Å². The van der Waals surface area contributed by atoms with E-state index in [0.29, 0.717) is 0 Å². The number of para-hydroxylation sites is 2. The molecule has 2 rings (SSSR count). The maximum Gasteiger partial charge on any atom is 0.449 e. The number of hydrogen-bond acceptors (Lipinski definition) is 3. The van der Waals surface area contributed by atoms with E-state index in [-0.39, 0.29) is 23.4 Å². The topological polar surface area (TPSA) is 84.2 Å². The smallest absolute Gasteiger partial charge is 0.449 e. The second-order valence-electron chi connectivity index (χ2n) is 6.10. The number of rotatable bonds is 6. The SMILES string of the molecule is CC(C)C[C@H](NC(=O)Cn1c(C(F)(F)F)nc2ccccc21)C(=O)O. The maximum atomic E-state index is 13.2. The van der Waals surface area contributed by atoms with Gasteiger partial charge in [-0.1, -0.05) is 26.0 Å². The molecule has 1 aromatic carbocycles. The highest BCUT2D eigenvalue weighted by molar-refractivity contribution is 5.85. The summed E-state index contributed by atoms with van der Waals surface area (Å²) in [5.74, 6) is -3.24. The molecule has 0 aliphatic carbocycles. The summed E-state index contributed by atoms with van der Waals surface area (Å²) in [6, 6.07) is 4.77. The van der Waals surface area contributed by atoms with Crippen molar-refractivity contribution >= 4 is 22.9 Å². The summed E-state index contributed by atoms with van der Waals surface area (Å²) in [5.41, 5.74) is 0.264. The fourth-order valence-corrected chi connectivity index (χ4v) is 2.53. The lowest BCUT2D eigenvalue weighted by molar-refractivity contribution is -0.148. The molecule has 0 fully saturated rings. The molecule has 9 heteroatoms. The fraction of sp³-hybridized carbons (Fsp3) is 0.438. The first-order valence-corrected chi connectivity index (χ1v) is 7.64. The molecule has 1 heterocycles. The zero-order chi connectivity index (χ0) is 18.8. The summed E-state index contributed by atoms with van der Waals surface area (Å²) in [6.45, 7) is 2.90. The molecule has 0 radical (unpaired) electrons. The van der Waals surface area contributed by atoms with Crippen LogP contribution in [0.1, 0.15) is 26.1 Å². The van der Waals surface area contributed by atoms with Gasteiger partial charge in [-0.05, 0) is 24.5 Å². The van der Waals surface area contributed by atoms with Crippen molar-refractivity contribution < 1.29 is 27.9 Å². The van der Waals surface area contributed by atoms with Gasteiger partial charge in [0.25, 0.3) is 0 Å². The van der Waals surface area contributed by atoms with E-state index in [0.717, 1.165) is 4.57 Å². The number of nitrogens with one attached hydrogen (secondary N) is 1. The highest BCUT2D eigenvalue weighted by Gasteiger charge is 2.38. The molecular formula is C16H18F3N3O3. The lowest BCUT2D eigenvalue weighted by atomic mass is 10.0. The second kappa shape index (κ2) is 7.12. The molecule has 0 aliphatic rings. The number of hydrogen-bond donors (Lipinski definition) is 2. The van der Waals surface area contributed by atoms with E-state index in [4.69, 9.17) is 5.11 Å². The first-order chi connectivity index (χ1) is 11.6. The van der Waals surface area contributed by atoms with E-state index in [2.05, 4.69) is 10.3 Å². The van der Waals surface area contributed by atoms with E-state index in [9.17, 15) is 22.8 Å². The maximum absolute atomic E-state index is 13.2. The Morgan fingerprint density at radius 3 is 2.48 bits per heavy atom. The van der Waals surface area contributed by atoms with E-state index in [1.165, 1.54) is 18.2 Å². The molecule has 0 saturated heterocycles. The number of nitrogens with zero attached hydrogens (tertiary/aromatic N) is 2. The van der Waals surface area contributed by atoms with Crippen molar-refractivity contribution in [2.75, 3.05) is 0 Å². The van der Waals surface area contributed by atoms with Crippen LogP contribution in [0.2, 0.25) is 0 Å². The van der Waals surface area contributed by atoms with Crippen molar-refractivity contribution in [1.82, 2.24) is 14.9 Å². The van der Waals surface area contributed by atoms with Gasteiger partial charge in [-0.25, -0.2) is 9.78 Å². The van der Waals surface area contributed by atoms with E-state index in [1.807, 2.05) is 0 Å². The Labute approximate surface area is 141 Å². The standard InChI is InChI=1S/C16H18F3N3O3/c1-9(2)7-11(14(24)25)20-13(23)8-22-12-6-4-3-5-10(12)21-15(22)16(17,18)19/h3-6,9,11H,7-8H2,1-2H3,(H,20,23)(H,24,25)/t11-/m0/s1. The summed E-state index contributed by atoms with van der Waals surface area (Å²) in [7, 11) is 0. The van der Waals surface area contributed by atoms with E-state index >= 15 is 0 Å². The lowest BCUT2D eigenvalue weighted by Crippen LogP contribution is -2.43. The van der Waals surface area contributed by atoms with Gasteiger partial charge < -0.3 is 15.0 Å². The number of alkyl halides is 3. The number of carbonyl (C=O) groups excluding carboxylic acids is 1. The average molecular weight is 357 g/mol. The highest BCUT2D eigenvalue weighted by Crippen LogP contribution is 2.31. The van der Waals surface area contributed by atoms with Crippen LogP contribution in [0.5, 0.6) is 0 Å². The van der Waals surface area contributed by atoms with Crippen molar-refractivity contribution in [2.24, 2.45) is 5.92 Å². The van der Waals surface area contributed by atoms with Crippen LogP contribution in [-0.4, -0.2) is 32.6 Å². The number of aromatic nitrogens is 2. The van der Waals surface area contributed by atoms with Crippen LogP contribution in [0.4, 0.5) is 13.2 Å². The van der Waals surface area contributed by atoms with E-state index < -0.39 is 36.5 Å². The average Bonchev–Trinajstić information content (AvgIpc) is 2.85. The first kappa shape index (κ1) is 18.8. The van der Waals surface area contributed by atoms with Gasteiger partial charge in [0.2, 0.25) is 11.7 Å². The zero-order valence-electron chi connectivity index (χ0n) is 13.7. The van der Waals surface area contributed by atoms with Crippen molar-refractivity contribution in [3.8, 4) is 0 Å². The Balaban J connectivity index is 2.29. The molecule has 136 valence electrons. The van der Waals surface area contributed by atoms with Gasteiger partial charge in [0.1, 0.15) is 12.6 Å². The monoisotopic (exact) mass is 357 g/mol. The largest absolute Gasteiger partial charge is 0.480 e. The summed E-state index contributed by atoms with van der Waals surface area (Å²) >= 11 is 0. The number of carbonyl (C=O) groups is 2. The number of fused-ring (bicyclic) bond motifs is 1. The molecule has 0 aliphatic heterocycles. The molecule has 6 nitrogen and oxygen atoms in total. The molecule has 2 N–H and O–H groups in total. The predicted octanol–water partition coefficient (Wildman–Crippen LogP) is 2.67. The minimum absolute atomic E-state index is 0.00112. The summed E-state index contributed by atoms with van der Waals surface area (Å²) in [6.07, 6.45) is -4.55. The van der Waals surface area contributed by atoms with Crippen LogP contribution in [0.25, 0.3) is 11.0 Å². The molecule has 1 aromatic heterocycles. The molecule has 25 heavy (non-hydrogen) atoms. The zero-order valence-corrected chi connectivity index (χ0v) is 13.7. The number of aliphatic carboxylic acids is 1. The molecule has 0 spiro atoms. The lowest BCUT2D eigenvalue weighted by Gasteiger charge is -2.17. The minimum atomic E-state index is -4.73. The predicted molar refractivity (Wildman–Crippen MR) is 83.8 cm³/mol. The Kier molecular flexibility index (Phi) is 5.34. The van der Waals surface area contributed by atoms with Crippen LogP contribution in [0.15, 0.2) is 24.3 Å². The number of amides is 1. The molecule has 1 atom stereocenters. The molecule has 0 bridgehead atoms. The first-order valence-electron chi connectivity index (χ1n) is 7.64. The normalized spacial score (nSPS) is 13.2. The fourth-order valence-electron chi connectivity index (χ4n) is 2.53. The van der Waals surface area contributed by atoms with Gasteiger partial charge in [0.15, 0.2) is 0 Å². The summed E-state index contributed by atoms with van der Waals surface area (Å²) in [4.78, 5) is 26.9. The Hall–Kier alpha value is -2.58. The Bertz CT molecular complexity index is 784. The summed E-state index contributed by atoms with van der Waals surface area (Å²) in [5, 5.41) is 11.4. The van der Waals surface area contributed by atoms with Crippen LogP contribution in [-0.2, 0) is 22.3 Å². The summed E-state index contributed by atoms with van der Waals surface area (Å²) < 4.78 is 40.3. The number of carboxylic acid groups (broad SMARTS) is 1. The number of carboxylic acids is 1. The van der Waals surface area contributed by atoms with Gasteiger partial charge in [-0.15, -0.1) is 0 Å².